The van der Waals surface area contributed by atoms with Gasteiger partial charge in [-0.25, -0.2) is 9.78 Å². The molecule has 100 valence electrons. The molecule has 0 aliphatic rings. The van der Waals surface area contributed by atoms with E-state index in [1.165, 1.54) is 0 Å². The van der Waals surface area contributed by atoms with E-state index in [0.29, 0.717) is 13.1 Å². The lowest BCUT2D eigenvalue weighted by molar-refractivity contribution is -0.131. The van der Waals surface area contributed by atoms with Crippen LogP contribution in [0, 0.1) is 6.92 Å². The largest absolute Gasteiger partial charge is 0.478 e. The molecular formula is C14H17N3O2. The molecule has 2 aromatic rings. The van der Waals surface area contributed by atoms with Gasteiger partial charge in [0.1, 0.15) is 5.82 Å². The van der Waals surface area contributed by atoms with Crippen LogP contribution >= 0.6 is 0 Å². The molecule has 0 amide bonds. The van der Waals surface area contributed by atoms with Crippen molar-refractivity contribution >= 4 is 17.0 Å². The fraction of sp³-hybridized carbons (Fsp3) is 0.286. The van der Waals surface area contributed by atoms with Crippen LogP contribution in [0.15, 0.2) is 30.4 Å². The van der Waals surface area contributed by atoms with Crippen molar-refractivity contribution in [2.45, 2.75) is 13.5 Å². The van der Waals surface area contributed by atoms with Crippen molar-refractivity contribution in [2.75, 3.05) is 6.54 Å². The molecule has 5 heteroatoms. The summed E-state index contributed by atoms with van der Waals surface area (Å²) in [5.74, 6) is 0.0664. The quantitative estimate of drug-likeness (QED) is 0.632. The Kier molecular flexibility index (Phi) is 3.97. The van der Waals surface area contributed by atoms with Gasteiger partial charge >= 0.3 is 5.97 Å². The lowest BCUT2D eigenvalue weighted by atomic mass is 10.2. The fourth-order valence-electron chi connectivity index (χ4n) is 1.94. The second kappa shape index (κ2) is 5.67. The number of carboxylic acids is 1. The van der Waals surface area contributed by atoms with E-state index in [9.17, 15) is 4.79 Å². The van der Waals surface area contributed by atoms with Crippen LogP contribution < -0.4 is 5.32 Å². The second-order valence-electron chi connectivity index (χ2n) is 4.41. The summed E-state index contributed by atoms with van der Waals surface area (Å²) in [7, 11) is 2.00. The molecule has 5 nitrogen and oxygen atoms in total. The summed E-state index contributed by atoms with van der Waals surface area (Å²) < 4.78 is 2.06. The zero-order chi connectivity index (χ0) is 13.8. The lowest BCUT2D eigenvalue weighted by Crippen LogP contribution is -2.13. The minimum atomic E-state index is -0.924. The van der Waals surface area contributed by atoms with Crippen molar-refractivity contribution in [1.82, 2.24) is 14.9 Å². The van der Waals surface area contributed by atoms with E-state index in [0.717, 1.165) is 28.5 Å². The highest BCUT2D eigenvalue weighted by Gasteiger charge is 2.04. The highest BCUT2D eigenvalue weighted by Crippen LogP contribution is 2.16. The number of rotatable bonds is 5. The van der Waals surface area contributed by atoms with Crippen molar-refractivity contribution in [2.24, 2.45) is 7.05 Å². The van der Waals surface area contributed by atoms with Crippen LogP contribution in [0.3, 0.4) is 0 Å². The van der Waals surface area contributed by atoms with Gasteiger partial charge in [0.05, 0.1) is 11.0 Å². The zero-order valence-corrected chi connectivity index (χ0v) is 11.1. The predicted octanol–water partition coefficient (Wildman–Crippen LogP) is 1.61. The highest BCUT2D eigenvalue weighted by molar-refractivity contribution is 5.79. The average Bonchev–Trinajstić information content (AvgIpc) is 2.64. The molecule has 0 unspecified atom stereocenters. The smallest absolute Gasteiger partial charge is 0.328 e. The van der Waals surface area contributed by atoms with Gasteiger partial charge in [-0.1, -0.05) is 12.1 Å². The maximum Gasteiger partial charge on any atom is 0.328 e. The summed E-state index contributed by atoms with van der Waals surface area (Å²) >= 11 is 0. The fourth-order valence-corrected chi connectivity index (χ4v) is 1.94. The van der Waals surface area contributed by atoms with Crippen LogP contribution in [0.25, 0.3) is 11.0 Å². The number of aromatic nitrogens is 2. The molecular weight excluding hydrogens is 242 g/mol. The lowest BCUT2D eigenvalue weighted by Gasteiger charge is -2.02. The maximum atomic E-state index is 10.3. The van der Waals surface area contributed by atoms with Crippen molar-refractivity contribution in [3.05, 3.63) is 41.7 Å². The van der Waals surface area contributed by atoms with Gasteiger partial charge in [-0.05, 0) is 24.6 Å². The van der Waals surface area contributed by atoms with E-state index in [-0.39, 0.29) is 0 Å². The number of nitrogens with one attached hydrogen (secondary N) is 1. The summed E-state index contributed by atoms with van der Waals surface area (Å²) in [5.41, 5.74) is 3.24. The minimum absolute atomic E-state index is 0.533. The zero-order valence-electron chi connectivity index (χ0n) is 11.1. The summed E-state index contributed by atoms with van der Waals surface area (Å²) in [4.78, 5) is 14.8. The number of nitrogens with zero attached hydrogens (tertiary/aromatic N) is 2. The summed E-state index contributed by atoms with van der Waals surface area (Å²) in [6, 6.07) is 6.16. The number of imidazole rings is 1. The van der Waals surface area contributed by atoms with E-state index in [2.05, 4.69) is 33.1 Å². The third kappa shape index (κ3) is 3.20. The first-order valence-electron chi connectivity index (χ1n) is 6.10. The number of fused-ring (bicyclic) bond motifs is 1. The molecule has 1 aromatic carbocycles. The van der Waals surface area contributed by atoms with Gasteiger partial charge in [0.15, 0.2) is 0 Å². The molecule has 2 rings (SSSR count). The van der Waals surface area contributed by atoms with E-state index in [1.54, 1.807) is 6.08 Å². The van der Waals surface area contributed by atoms with Crippen LogP contribution in [0.4, 0.5) is 0 Å². The molecule has 19 heavy (non-hydrogen) atoms. The van der Waals surface area contributed by atoms with Crippen LogP contribution in [0.5, 0.6) is 0 Å². The molecule has 0 saturated heterocycles. The Balaban J connectivity index is 2.00. The molecule has 0 bridgehead atoms. The SMILES string of the molecule is Cc1nc2cc(CNC/C=C/C(=O)O)ccc2n1C. The van der Waals surface area contributed by atoms with Gasteiger partial charge in [-0.3, -0.25) is 0 Å². The Morgan fingerprint density at radius 3 is 3.05 bits per heavy atom. The van der Waals surface area contributed by atoms with Gasteiger partial charge in [0.2, 0.25) is 0 Å². The molecule has 1 heterocycles. The normalized spacial score (nSPS) is 11.5. The van der Waals surface area contributed by atoms with E-state index in [1.807, 2.05) is 14.0 Å². The van der Waals surface area contributed by atoms with E-state index in [4.69, 9.17) is 5.11 Å². The molecule has 0 aliphatic carbocycles. The highest BCUT2D eigenvalue weighted by atomic mass is 16.4. The number of aliphatic carboxylic acids is 1. The summed E-state index contributed by atoms with van der Waals surface area (Å²) in [5, 5.41) is 11.6. The molecule has 0 atom stereocenters. The maximum absolute atomic E-state index is 10.3. The van der Waals surface area contributed by atoms with Gasteiger partial charge < -0.3 is 15.0 Å². The van der Waals surface area contributed by atoms with Crippen molar-refractivity contribution in [3.63, 3.8) is 0 Å². The second-order valence-corrected chi connectivity index (χ2v) is 4.41. The molecule has 2 N–H and O–H groups in total. The predicted molar refractivity (Wildman–Crippen MR) is 73.9 cm³/mol. The van der Waals surface area contributed by atoms with Gasteiger partial charge in [-0.15, -0.1) is 0 Å². The Labute approximate surface area is 111 Å². The molecule has 0 saturated carbocycles. The van der Waals surface area contributed by atoms with Crippen LogP contribution in [-0.4, -0.2) is 27.2 Å². The first-order valence-corrected chi connectivity index (χ1v) is 6.10. The Morgan fingerprint density at radius 1 is 1.53 bits per heavy atom. The molecule has 0 spiro atoms. The number of benzene rings is 1. The molecule has 0 fully saturated rings. The van der Waals surface area contributed by atoms with Crippen LogP contribution in [0.2, 0.25) is 0 Å². The van der Waals surface area contributed by atoms with Gasteiger partial charge in [0, 0.05) is 26.2 Å². The van der Waals surface area contributed by atoms with Gasteiger partial charge in [-0.2, -0.15) is 0 Å². The van der Waals surface area contributed by atoms with E-state index < -0.39 is 5.97 Å². The third-order valence-corrected chi connectivity index (χ3v) is 3.02. The van der Waals surface area contributed by atoms with Crippen LogP contribution in [0.1, 0.15) is 11.4 Å². The number of aryl methyl sites for hydroxylation is 2. The monoisotopic (exact) mass is 259 g/mol. The summed E-state index contributed by atoms with van der Waals surface area (Å²) in [6.45, 7) is 3.20. The van der Waals surface area contributed by atoms with Crippen LogP contribution in [-0.2, 0) is 18.4 Å². The average molecular weight is 259 g/mol. The van der Waals surface area contributed by atoms with Crippen molar-refractivity contribution in [3.8, 4) is 0 Å². The molecule has 0 aliphatic heterocycles. The van der Waals surface area contributed by atoms with Crippen molar-refractivity contribution < 1.29 is 9.90 Å². The van der Waals surface area contributed by atoms with Crippen molar-refractivity contribution in [1.29, 1.82) is 0 Å². The Hall–Kier alpha value is -2.14. The topological polar surface area (TPSA) is 67.2 Å². The number of carbonyl (C=O) groups is 1. The Morgan fingerprint density at radius 2 is 2.32 bits per heavy atom. The number of hydrogen-bond acceptors (Lipinski definition) is 3. The first kappa shape index (κ1) is 13.3. The standard InChI is InChI=1S/C14H17N3O2/c1-10-16-12-8-11(5-6-13(12)17(10)2)9-15-7-3-4-14(18)19/h3-6,8,15H,7,9H2,1-2H3,(H,18,19)/b4-3+. The minimum Gasteiger partial charge on any atom is -0.478 e. The van der Waals surface area contributed by atoms with Gasteiger partial charge in [0.25, 0.3) is 0 Å². The number of carboxylic acid groups (broad SMARTS) is 1. The number of hydrogen-bond donors (Lipinski definition) is 2. The molecule has 1 aromatic heterocycles. The first-order chi connectivity index (χ1) is 9.08. The summed E-state index contributed by atoms with van der Waals surface area (Å²) in [6.07, 6.45) is 2.73. The third-order valence-electron chi connectivity index (χ3n) is 3.02. The van der Waals surface area contributed by atoms with E-state index >= 15 is 0 Å². The molecule has 0 radical (unpaired) electrons. The Bertz CT molecular complexity index is 629.